The fourth-order valence-electron chi connectivity index (χ4n) is 0.723. The molecule has 1 aromatic rings. The van der Waals surface area contributed by atoms with Gasteiger partial charge in [0.1, 0.15) is 0 Å². The molecular weight excluding hydrogens is 202 g/mol. The van der Waals surface area contributed by atoms with Crippen molar-refractivity contribution < 1.29 is 13.3 Å². The molecule has 0 aliphatic heterocycles. The Morgan fingerprint density at radius 2 is 2.25 bits per heavy atom. The number of rotatable bonds is 3. The SMILES string of the molecule is O=[N+]([O-])C(c1cccs1)[SH](=O)=O. The molecule has 0 bridgehead atoms. The van der Waals surface area contributed by atoms with E-state index in [2.05, 4.69) is 0 Å². The molecule has 7 heteroatoms. The quantitative estimate of drug-likeness (QED) is 0.448. The summed E-state index contributed by atoms with van der Waals surface area (Å²) in [6.45, 7) is 0. The van der Waals surface area contributed by atoms with Gasteiger partial charge in [0.25, 0.3) is 0 Å². The third-order valence-corrected chi connectivity index (χ3v) is 3.16. The van der Waals surface area contributed by atoms with Crippen molar-refractivity contribution in [1.29, 1.82) is 0 Å². The van der Waals surface area contributed by atoms with Gasteiger partial charge in [0.15, 0.2) is 0 Å². The molecule has 0 spiro atoms. The monoisotopic (exact) mass is 207 g/mol. The van der Waals surface area contributed by atoms with E-state index in [1.54, 1.807) is 11.4 Å². The summed E-state index contributed by atoms with van der Waals surface area (Å²) in [6.07, 6.45) is 0. The molecule has 0 aromatic carbocycles. The summed E-state index contributed by atoms with van der Waals surface area (Å²) >= 11 is 1.06. The predicted octanol–water partition coefficient (Wildman–Crippen LogP) is 0.635. The third-order valence-electron chi connectivity index (χ3n) is 1.20. The van der Waals surface area contributed by atoms with Gasteiger partial charge < -0.3 is 0 Å². The lowest BCUT2D eigenvalue weighted by Gasteiger charge is -1.97. The summed E-state index contributed by atoms with van der Waals surface area (Å²) in [6, 6.07) is 3.01. The van der Waals surface area contributed by atoms with E-state index < -0.39 is 21.0 Å². The van der Waals surface area contributed by atoms with Crippen LogP contribution in [0.3, 0.4) is 0 Å². The van der Waals surface area contributed by atoms with E-state index in [0.29, 0.717) is 0 Å². The molecule has 0 N–H and O–H groups in total. The zero-order valence-corrected chi connectivity index (χ0v) is 7.46. The van der Waals surface area contributed by atoms with Crippen molar-refractivity contribution in [1.82, 2.24) is 0 Å². The highest BCUT2D eigenvalue weighted by atomic mass is 32.2. The molecule has 1 unspecified atom stereocenters. The van der Waals surface area contributed by atoms with Crippen molar-refractivity contribution in [3.63, 3.8) is 0 Å². The minimum absolute atomic E-state index is 0.246. The average Bonchev–Trinajstić information content (AvgIpc) is 2.37. The summed E-state index contributed by atoms with van der Waals surface area (Å²) < 4.78 is 20.9. The van der Waals surface area contributed by atoms with Gasteiger partial charge in [0.2, 0.25) is 10.7 Å². The normalized spacial score (nSPS) is 13.1. The molecule has 0 saturated carbocycles. The molecule has 0 aliphatic rings. The van der Waals surface area contributed by atoms with Crippen molar-refractivity contribution in [3.05, 3.63) is 32.5 Å². The lowest BCUT2D eigenvalue weighted by molar-refractivity contribution is -0.501. The van der Waals surface area contributed by atoms with Crippen molar-refractivity contribution >= 4 is 22.0 Å². The van der Waals surface area contributed by atoms with E-state index in [1.807, 2.05) is 0 Å². The first kappa shape index (κ1) is 9.14. The summed E-state index contributed by atoms with van der Waals surface area (Å²) in [5.74, 6) is 0. The molecule has 12 heavy (non-hydrogen) atoms. The molecule has 1 rings (SSSR count). The van der Waals surface area contributed by atoms with E-state index in [-0.39, 0.29) is 4.88 Å². The molecular formula is C5H5NO4S2. The van der Waals surface area contributed by atoms with Crippen molar-refractivity contribution in [3.8, 4) is 0 Å². The molecule has 66 valence electrons. The highest BCUT2D eigenvalue weighted by Crippen LogP contribution is 2.21. The predicted molar refractivity (Wildman–Crippen MR) is 44.4 cm³/mol. The molecule has 0 fully saturated rings. The first-order valence-electron chi connectivity index (χ1n) is 2.93. The fourth-order valence-corrected chi connectivity index (χ4v) is 2.29. The average molecular weight is 207 g/mol. The maximum atomic E-state index is 10.4. The molecule has 0 saturated heterocycles. The lowest BCUT2D eigenvalue weighted by Crippen LogP contribution is -2.10. The number of thiophene rings is 1. The summed E-state index contributed by atoms with van der Waals surface area (Å²) in [5, 5.41) is 10.3. The Hall–Kier alpha value is -0.950. The Labute approximate surface area is 73.7 Å². The first-order chi connectivity index (χ1) is 5.63. The standard InChI is InChI=1S/C5H5NO4S2/c7-6(8)5(12(9)10)4-2-1-3-11-4/h1-3,5,12H. The zero-order valence-electron chi connectivity index (χ0n) is 5.75. The molecule has 5 nitrogen and oxygen atoms in total. The zero-order chi connectivity index (χ0) is 9.14. The Morgan fingerprint density at radius 3 is 2.58 bits per heavy atom. The van der Waals surface area contributed by atoms with Gasteiger partial charge in [-0.2, -0.15) is 0 Å². The first-order valence-corrected chi connectivity index (χ1v) is 5.06. The maximum Gasteiger partial charge on any atom is 0.341 e. The second-order valence-corrected chi connectivity index (χ2v) is 4.00. The Kier molecular flexibility index (Phi) is 2.77. The largest absolute Gasteiger partial charge is 0.341 e. The van der Waals surface area contributed by atoms with E-state index >= 15 is 0 Å². The lowest BCUT2D eigenvalue weighted by atomic mass is 10.5. The Morgan fingerprint density at radius 1 is 1.58 bits per heavy atom. The van der Waals surface area contributed by atoms with Gasteiger partial charge in [-0.1, -0.05) is 6.07 Å². The molecule has 1 aromatic heterocycles. The number of nitro groups is 1. The van der Waals surface area contributed by atoms with Crippen LogP contribution in [0.1, 0.15) is 10.3 Å². The number of hydrogen-bond acceptors (Lipinski definition) is 5. The van der Waals surface area contributed by atoms with E-state index in [9.17, 15) is 18.5 Å². The van der Waals surface area contributed by atoms with E-state index in [1.165, 1.54) is 6.07 Å². The fraction of sp³-hybridized carbons (Fsp3) is 0.200. The second-order valence-electron chi connectivity index (χ2n) is 1.96. The third kappa shape index (κ3) is 1.80. The topological polar surface area (TPSA) is 77.3 Å². The van der Waals surface area contributed by atoms with Gasteiger partial charge in [0.05, 0.1) is 4.88 Å². The van der Waals surface area contributed by atoms with Crippen LogP contribution in [0.4, 0.5) is 0 Å². The highest BCUT2D eigenvalue weighted by molar-refractivity contribution is 7.72. The van der Waals surface area contributed by atoms with Crippen molar-refractivity contribution in [2.75, 3.05) is 0 Å². The highest BCUT2D eigenvalue weighted by Gasteiger charge is 2.26. The van der Waals surface area contributed by atoms with Crippen LogP contribution in [0.5, 0.6) is 0 Å². The molecule has 0 aliphatic carbocycles. The number of nitrogens with zero attached hydrogens (tertiary/aromatic N) is 1. The molecule has 0 radical (unpaired) electrons. The smallest absolute Gasteiger partial charge is 0.263 e. The van der Waals surface area contributed by atoms with Gasteiger partial charge in [-0.3, -0.25) is 10.1 Å². The van der Waals surface area contributed by atoms with Crippen LogP contribution in [0.25, 0.3) is 0 Å². The van der Waals surface area contributed by atoms with Crippen LogP contribution in [-0.2, 0) is 10.7 Å². The number of hydrogen-bond donors (Lipinski definition) is 1. The van der Waals surface area contributed by atoms with E-state index in [4.69, 9.17) is 0 Å². The minimum Gasteiger partial charge on any atom is -0.263 e. The second kappa shape index (κ2) is 3.63. The van der Waals surface area contributed by atoms with Crippen molar-refractivity contribution in [2.24, 2.45) is 0 Å². The maximum absolute atomic E-state index is 10.4. The number of thiol groups is 1. The van der Waals surface area contributed by atoms with Crippen LogP contribution >= 0.6 is 11.3 Å². The summed E-state index contributed by atoms with van der Waals surface area (Å²) in [5.41, 5.74) is 0. The van der Waals surface area contributed by atoms with E-state index in [0.717, 1.165) is 11.3 Å². The molecule has 1 heterocycles. The van der Waals surface area contributed by atoms with Gasteiger partial charge in [0, 0.05) is 4.92 Å². The molecule has 1 atom stereocenters. The van der Waals surface area contributed by atoms with Gasteiger partial charge in [-0.05, 0) is 11.4 Å². The van der Waals surface area contributed by atoms with Crippen LogP contribution in [0.15, 0.2) is 17.5 Å². The summed E-state index contributed by atoms with van der Waals surface area (Å²) in [4.78, 5) is 9.71. The Bertz CT molecular complexity index is 334. The van der Waals surface area contributed by atoms with Crippen LogP contribution in [0.2, 0.25) is 0 Å². The molecule has 0 amide bonds. The van der Waals surface area contributed by atoms with Crippen LogP contribution in [-0.4, -0.2) is 13.3 Å². The van der Waals surface area contributed by atoms with Crippen LogP contribution < -0.4 is 0 Å². The van der Waals surface area contributed by atoms with Crippen molar-refractivity contribution in [2.45, 2.75) is 5.37 Å². The Balaban J connectivity index is 3.04. The van der Waals surface area contributed by atoms with Gasteiger partial charge in [-0.25, -0.2) is 8.42 Å². The van der Waals surface area contributed by atoms with Gasteiger partial charge in [-0.15, -0.1) is 11.3 Å². The van der Waals surface area contributed by atoms with Crippen LogP contribution in [0, 0.1) is 10.1 Å². The summed E-state index contributed by atoms with van der Waals surface area (Å²) in [7, 11) is -3.04. The minimum atomic E-state index is -3.04. The van der Waals surface area contributed by atoms with Gasteiger partial charge >= 0.3 is 5.37 Å².